The van der Waals surface area contributed by atoms with E-state index in [1.807, 2.05) is 0 Å². The first-order valence-corrected chi connectivity index (χ1v) is 8.31. The lowest BCUT2D eigenvalue weighted by Crippen LogP contribution is -2.42. The topological polar surface area (TPSA) is 66.5 Å². The van der Waals surface area contributed by atoms with E-state index in [4.69, 9.17) is 0 Å². The highest BCUT2D eigenvalue weighted by atomic mass is 32.2. The minimum Gasteiger partial charge on any atom is -0.323 e. The molecule has 5 nitrogen and oxygen atoms in total. The summed E-state index contributed by atoms with van der Waals surface area (Å²) in [5.41, 5.74) is 0.524. The SMILES string of the molecule is O=C1CN(S(=O)(=O)Cc2ccc(F)cc2F)c2ccccc2N1. The first-order valence-electron chi connectivity index (χ1n) is 6.70. The van der Waals surface area contributed by atoms with Gasteiger partial charge in [-0.2, -0.15) is 0 Å². The van der Waals surface area contributed by atoms with Crippen molar-refractivity contribution in [3.8, 4) is 0 Å². The van der Waals surface area contributed by atoms with Crippen molar-refractivity contribution in [2.75, 3.05) is 16.2 Å². The summed E-state index contributed by atoms with van der Waals surface area (Å²) in [6.07, 6.45) is 0. The molecule has 0 saturated carbocycles. The third-order valence-corrected chi connectivity index (χ3v) is 5.10. The van der Waals surface area contributed by atoms with E-state index in [2.05, 4.69) is 5.32 Å². The number of para-hydroxylation sites is 2. The van der Waals surface area contributed by atoms with E-state index in [-0.39, 0.29) is 12.1 Å². The second-order valence-electron chi connectivity index (χ2n) is 5.06. The smallest absolute Gasteiger partial charge is 0.245 e. The van der Waals surface area contributed by atoms with Crippen LogP contribution in [0.1, 0.15) is 5.56 Å². The molecular weight excluding hydrogens is 326 g/mol. The number of hydrogen-bond donors (Lipinski definition) is 1. The van der Waals surface area contributed by atoms with Crippen LogP contribution in [0.4, 0.5) is 20.2 Å². The van der Waals surface area contributed by atoms with Gasteiger partial charge < -0.3 is 5.32 Å². The molecule has 1 aliphatic heterocycles. The number of sulfonamides is 1. The van der Waals surface area contributed by atoms with E-state index < -0.39 is 33.3 Å². The summed E-state index contributed by atoms with van der Waals surface area (Å²) >= 11 is 0. The van der Waals surface area contributed by atoms with Crippen LogP contribution >= 0.6 is 0 Å². The van der Waals surface area contributed by atoms with Crippen LogP contribution in [0.25, 0.3) is 0 Å². The van der Waals surface area contributed by atoms with Gasteiger partial charge in [-0.25, -0.2) is 17.2 Å². The Labute approximate surface area is 131 Å². The van der Waals surface area contributed by atoms with Gasteiger partial charge in [-0.05, 0) is 18.2 Å². The van der Waals surface area contributed by atoms with E-state index in [1.54, 1.807) is 24.3 Å². The first kappa shape index (κ1) is 15.4. The van der Waals surface area contributed by atoms with Gasteiger partial charge in [0.2, 0.25) is 15.9 Å². The lowest BCUT2D eigenvalue weighted by Gasteiger charge is -2.30. The summed E-state index contributed by atoms with van der Waals surface area (Å²) in [5.74, 6) is -2.87. The summed E-state index contributed by atoms with van der Waals surface area (Å²) in [7, 11) is -4.01. The summed E-state index contributed by atoms with van der Waals surface area (Å²) < 4.78 is 52.8. The summed E-state index contributed by atoms with van der Waals surface area (Å²) in [6.45, 7) is -0.387. The summed E-state index contributed by atoms with van der Waals surface area (Å²) in [4.78, 5) is 11.7. The molecule has 0 bridgehead atoms. The largest absolute Gasteiger partial charge is 0.323 e. The number of rotatable bonds is 3. The van der Waals surface area contributed by atoms with Gasteiger partial charge in [0, 0.05) is 11.6 Å². The van der Waals surface area contributed by atoms with Gasteiger partial charge in [0.05, 0.1) is 17.1 Å². The average molecular weight is 338 g/mol. The number of nitrogens with one attached hydrogen (secondary N) is 1. The monoisotopic (exact) mass is 338 g/mol. The number of benzene rings is 2. The van der Waals surface area contributed by atoms with Gasteiger partial charge >= 0.3 is 0 Å². The van der Waals surface area contributed by atoms with Gasteiger partial charge in [-0.3, -0.25) is 9.10 Å². The molecule has 0 fully saturated rings. The minimum atomic E-state index is -4.01. The standard InChI is InChI=1S/C15H12F2N2O3S/c16-11-6-5-10(12(17)7-11)9-23(21,22)19-8-15(20)18-13-3-1-2-4-14(13)19/h1-7H,8-9H2,(H,18,20). The highest BCUT2D eigenvalue weighted by molar-refractivity contribution is 7.92. The van der Waals surface area contributed by atoms with Crippen LogP contribution in [-0.4, -0.2) is 20.9 Å². The maximum Gasteiger partial charge on any atom is 0.245 e. The Balaban J connectivity index is 1.98. The molecule has 1 heterocycles. The predicted octanol–water partition coefficient (Wildman–Crippen LogP) is 2.25. The number of hydrogen-bond acceptors (Lipinski definition) is 3. The second kappa shape index (κ2) is 5.62. The number of amides is 1. The van der Waals surface area contributed by atoms with E-state index in [0.717, 1.165) is 16.4 Å². The van der Waals surface area contributed by atoms with Crippen molar-refractivity contribution in [3.05, 3.63) is 59.7 Å². The molecule has 0 unspecified atom stereocenters. The summed E-state index contributed by atoms with van der Waals surface area (Å²) in [5, 5.41) is 2.58. The van der Waals surface area contributed by atoms with Crippen LogP contribution in [0, 0.1) is 11.6 Å². The van der Waals surface area contributed by atoms with E-state index in [1.165, 1.54) is 0 Å². The normalized spacial score (nSPS) is 14.3. The van der Waals surface area contributed by atoms with Gasteiger partial charge in [-0.15, -0.1) is 0 Å². The van der Waals surface area contributed by atoms with Crippen LogP contribution < -0.4 is 9.62 Å². The quantitative estimate of drug-likeness (QED) is 0.933. The third kappa shape index (κ3) is 3.02. The molecule has 1 amide bonds. The van der Waals surface area contributed by atoms with Crippen molar-refractivity contribution in [3.63, 3.8) is 0 Å². The maximum atomic E-state index is 13.7. The maximum absolute atomic E-state index is 13.7. The number of fused-ring (bicyclic) bond motifs is 1. The number of anilines is 2. The van der Waals surface area contributed by atoms with Crippen LogP contribution in [0.15, 0.2) is 42.5 Å². The molecule has 2 aromatic rings. The van der Waals surface area contributed by atoms with Crippen molar-refractivity contribution >= 4 is 27.3 Å². The molecule has 0 aliphatic carbocycles. The Morgan fingerprint density at radius 2 is 1.87 bits per heavy atom. The Kier molecular flexibility index (Phi) is 3.77. The van der Waals surface area contributed by atoms with Crippen LogP contribution in [0.3, 0.4) is 0 Å². The predicted molar refractivity (Wildman–Crippen MR) is 81.4 cm³/mol. The molecule has 0 saturated heterocycles. The molecule has 3 rings (SSSR count). The van der Waals surface area contributed by atoms with Gasteiger partial charge in [0.25, 0.3) is 0 Å². The lowest BCUT2D eigenvalue weighted by molar-refractivity contribution is -0.115. The van der Waals surface area contributed by atoms with Gasteiger partial charge in [0.1, 0.15) is 18.2 Å². The van der Waals surface area contributed by atoms with E-state index >= 15 is 0 Å². The highest BCUT2D eigenvalue weighted by Crippen LogP contribution is 2.32. The zero-order chi connectivity index (χ0) is 16.6. The molecule has 8 heteroatoms. The van der Waals surface area contributed by atoms with Crippen LogP contribution in [0.2, 0.25) is 0 Å². The van der Waals surface area contributed by atoms with Crippen molar-refractivity contribution in [2.24, 2.45) is 0 Å². The number of nitrogens with zero attached hydrogens (tertiary/aromatic N) is 1. The number of halogens is 2. The van der Waals surface area contributed by atoms with Crippen molar-refractivity contribution in [2.45, 2.75) is 5.75 Å². The minimum absolute atomic E-state index is 0.158. The number of carbonyl (C=O) groups excluding carboxylic acids is 1. The van der Waals surface area contributed by atoms with Crippen molar-refractivity contribution < 1.29 is 22.0 Å². The molecule has 0 spiro atoms. The molecular formula is C15H12F2N2O3S. The fraction of sp³-hybridized carbons (Fsp3) is 0.133. The second-order valence-corrected chi connectivity index (χ2v) is 6.96. The lowest BCUT2D eigenvalue weighted by atomic mass is 10.2. The zero-order valence-electron chi connectivity index (χ0n) is 11.8. The molecule has 0 radical (unpaired) electrons. The average Bonchev–Trinajstić information content (AvgIpc) is 2.49. The third-order valence-electron chi connectivity index (χ3n) is 3.42. The summed E-state index contributed by atoms with van der Waals surface area (Å²) in [6, 6.07) is 9.12. The fourth-order valence-electron chi connectivity index (χ4n) is 2.36. The Morgan fingerprint density at radius 1 is 1.13 bits per heavy atom. The van der Waals surface area contributed by atoms with Crippen LogP contribution in [-0.2, 0) is 20.6 Å². The highest BCUT2D eigenvalue weighted by Gasteiger charge is 2.31. The van der Waals surface area contributed by atoms with Gasteiger partial charge in [0.15, 0.2) is 0 Å². The van der Waals surface area contributed by atoms with E-state index in [9.17, 15) is 22.0 Å². The number of carbonyl (C=O) groups is 1. The van der Waals surface area contributed by atoms with E-state index in [0.29, 0.717) is 17.4 Å². The molecule has 0 atom stereocenters. The van der Waals surface area contributed by atoms with Crippen molar-refractivity contribution in [1.82, 2.24) is 0 Å². The Hall–Kier alpha value is -2.48. The molecule has 1 aliphatic rings. The fourth-order valence-corrected chi connectivity index (χ4v) is 3.92. The molecule has 2 aromatic carbocycles. The Morgan fingerprint density at radius 3 is 2.61 bits per heavy atom. The molecule has 120 valence electrons. The molecule has 1 N–H and O–H groups in total. The zero-order valence-corrected chi connectivity index (χ0v) is 12.6. The van der Waals surface area contributed by atoms with Crippen molar-refractivity contribution in [1.29, 1.82) is 0 Å². The van der Waals surface area contributed by atoms with Gasteiger partial charge in [-0.1, -0.05) is 18.2 Å². The first-order chi connectivity index (χ1) is 10.9. The Bertz CT molecular complexity index is 884. The molecule has 23 heavy (non-hydrogen) atoms. The molecule has 0 aromatic heterocycles. The van der Waals surface area contributed by atoms with Crippen LogP contribution in [0.5, 0.6) is 0 Å².